The van der Waals surface area contributed by atoms with Crippen molar-refractivity contribution in [2.24, 2.45) is 0 Å². The maximum Gasteiger partial charge on any atom is 0.242 e. The first kappa shape index (κ1) is 15.6. The maximum atomic E-state index is 12.3. The molecule has 1 aromatic carbocycles. The van der Waals surface area contributed by atoms with Gasteiger partial charge in [-0.2, -0.15) is 0 Å². The Bertz CT molecular complexity index is 490. The van der Waals surface area contributed by atoms with Crippen LogP contribution in [-0.2, 0) is 16.0 Å². The van der Waals surface area contributed by atoms with Crippen molar-refractivity contribution in [1.29, 1.82) is 0 Å². The van der Waals surface area contributed by atoms with Crippen LogP contribution in [0.25, 0.3) is 0 Å². The second-order valence-electron chi connectivity index (χ2n) is 5.46. The average Bonchev–Trinajstić information content (AvgIpc) is 2.50. The summed E-state index contributed by atoms with van der Waals surface area (Å²) in [4.78, 5) is 14.4. The summed E-state index contributed by atoms with van der Waals surface area (Å²) < 4.78 is 4.98. The monoisotopic (exact) mass is 291 g/mol. The smallest absolute Gasteiger partial charge is 0.242 e. The minimum absolute atomic E-state index is 0.0568. The molecule has 1 unspecified atom stereocenters. The van der Waals surface area contributed by atoms with Crippen molar-refractivity contribution in [3.05, 3.63) is 23.8 Å². The highest BCUT2D eigenvalue weighted by Gasteiger charge is 2.26. The Kier molecular flexibility index (Phi) is 5.44. The number of nitrogens with one attached hydrogen (secondary N) is 1. The van der Waals surface area contributed by atoms with E-state index in [0.29, 0.717) is 13.2 Å². The zero-order valence-electron chi connectivity index (χ0n) is 12.9. The van der Waals surface area contributed by atoms with Gasteiger partial charge in [0.25, 0.3) is 0 Å². The number of rotatable bonds is 6. The van der Waals surface area contributed by atoms with Gasteiger partial charge in [-0.05, 0) is 43.9 Å². The second-order valence-corrected chi connectivity index (χ2v) is 5.46. The molecule has 1 aliphatic heterocycles. The SMILES string of the molecule is COCCCNC(=O)C(C)N1CCCc2c(N)cccc21. The molecule has 5 heteroatoms. The lowest BCUT2D eigenvalue weighted by molar-refractivity contribution is -0.122. The normalized spacial score (nSPS) is 15.4. The highest BCUT2D eigenvalue weighted by atomic mass is 16.5. The average molecular weight is 291 g/mol. The van der Waals surface area contributed by atoms with E-state index < -0.39 is 0 Å². The predicted molar refractivity (Wildman–Crippen MR) is 85.5 cm³/mol. The molecule has 0 aromatic heterocycles. The number of ether oxygens (including phenoxy) is 1. The number of anilines is 2. The lowest BCUT2D eigenvalue weighted by Gasteiger charge is -2.36. The Morgan fingerprint density at radius 2 is 2.33 bits per heavy atom. The van der Waals surface area contributed by atoms with Crippen LogP contribution in [0.15, 0.2) is 18.2 Å². The van der Waals surface area contributed by atoms with Gasteiger partial charge in [-0.3, -0.25) is 4.79 Å². The summed E-state index contributed by atoms with van der Waals surface area (Å²) >= 11 is 0. The highest BCUT2D eigenvalue weighted by molar-refractivity contribution is 5.85. The van der Waals surface area contributed by atoms with E-state index in [1.807, 2.05) is 19.1 Å². The van der Waals surface area contributed by atoms with Crippen LogP contribution in [0, 0.1) is 0 Å². The van der Waals surface area contributed by atoms with Crippen molar-refractivity contribution in [2.45, 2.75) is 32.2 Å². The minimum atomic E-state index is -0.187. The summed E-state index contributed by atoms with van der Waals surface area (Å²) in [6, 6.07) is 5.75. The minimum Gasteiger partial charge on any atom is -0.398 e. The first-order valence-electron chi connectivity index (χ1n) is 7.55. The fourth-order valence-electron chi connectivity index (χ4n) is 2.80. The van der Waals surface area contributed by atoms with Gasteiger partial charge in [0.2, 0.25) is 5.91 Å². The largest absolute Gasteiger partial charge is 0.398 e. The van der Waals surface area contributed by atoms with E-state index in [1.54, 1.807) is 7.11 Å². The van der Waals surface area contributed by atoms with Crippen LogP contribution in [-0.4, -0.2) is 38.8 Å². The summed E-state index contributed by atoms with van der Waals surface area (Å²) in [7, 11) is 1.67. The van der Waals surface area contributed by atoms with Gasteiger partial charge >= 0.3 is 0 Å². The summed E-state index contributed by atoms with van der Waals surface area (Å²) in [5.41, 5.74) is 9.14. The Morgan fingerprint density at radius 1 is 1.52 bits per heavy atom. The predicted octanol–water partition coefficient (Wildman–Crippen LogP) is 1.56. The standard InChI is InChI=1S/C16H25N3O2/c1-12(16(20)18-9-5-11-21-2)19-10-4-6-13-14(17)7-3-8-15(13)19/h3,7-8,12H,4-6,9-11,17H2,1-2H3,(H,18,20). The Morgan fingerprint density at radius 3 is 3.10 bits per heavy atom. The van der Waals surface area contributed by atoms with E-state index >= 15 is 0 Å². The number of amides is 1. The number of nitrogens with zero attached hydrogens (tertiary/aromatic N) is 1. The number of nitrogen functional groups attached to an aromatic ring is 1. The van der Waals surface area contributed by atoms with Gasteiger partial charge in [0, 0.05) is 38.2 Å². The summed E-state index contributed by atoms with van der Waals surface area (Å²) in [5.74, 6) is 0.0568. The van der Waals surface area contributed by atoms with Gasteiger partial charge in [-0.15, -0.1) is 0 Å². The Balaban J connectivity index is 2.02. The molecule has 3 N–H and O–H groups in total. The molecule has 0 radical (unpaired) electrons. The zero-order valence-corrected chi connectivity index (χ0v) is 12.9. The number of benzene rings is 1. The molecule has 1 aliphatic rings. The summed E-state index contributed by atoms with van der Waals surface area (Å²) in [6.45, 7) is 4.15. The molecule has 1 amide bonds. The molecule has 21 heavy (non-hydrogen) atoms. The van der Waals surface area contributed by atoms with E-state index in [2.05, 4.69) is 16.3 Å². The summed E-state index contributed by atoms with van der Waals surface area (Å²) in [6.07, 6.45) is 2.85. The molecule has 0 bridgehead atoms. The topological polar surface area (TPSA) is 67.6 Å². The van der Waals surface area contributed by atoms with E-state index in [1.165, 1.54) is 5.56 Å². The molecular formula is C16H25N3O2. The number of fused-ring (bicyclic) bond motifs is 1. The van der Waals surface area contributed by atoms with E-state index in [9.17, 15) is 4.79 Å². The van der Waals surface area contributed by atoms with Gasteiger partial charge < -0.3 is 20.7 Å². The van der Waals surface area contributed by atoms with Crippen LogP contribution in [0.4, 0.5) is 11.4 Å². The lowest BCUT2D eigenvalue weighted by atomic mass is 9.98. The highest BCUT2D eigenvalue weighted by Crippen LogP contribution is 2.32. The third kappa shape index (κ3) is 3.67. The molecule has 0 saturated heterocycles. The van der Waals surface area contributed by atoms with E-state index in [0.717, 1.165) is 37.2 Å². The molecule has 2 rings (SSSR count). The van der Waals surface area contributed by atoms with Gasteiger partial charge in [-0.1, -0.05) is 6.07 Å². The van der Waals surface area contributed by atoms with Crippen LogP contribution in [0.5, 0.6) is 0 Å². The second kappa shape index (κ2) is 7.31. The van der Waals surface area contributed by atoms with E-state index in [4.69, 9.17) is 10.5 Å². The maximum absolute atomic E-state index is 12.3. The number of carbonyl (C=O) groups excluding carboxylic acids is 1. The quantitative estimate of drug-likeness (QED) is 0.616. The molecule has 1 atom stereocenters. The zero-order chi connectivity index (χ0) is 15.2. The van der Waals surface area contributed by atoms with Crippen molar-refractivity contribution in [2.75, 3.05) is 37.4 Å². The van der Waals surface area contributed by atoms with Crippen LogP contribution < -0.4 is 16.0 Å². The van der Waals surface area contributed by atoms with Gasteiger partial charge in [0.05, 0.1) is 0 Å². The van der Waals surface area contributed by atoms with Crippen LogP contribution >= 0.6 is 0 Å². The molecular weight excluding hydrogens is 266 g/mol. The van der Waals surface area contributed by atoms with Gasteiger partial charge in [0.15, 0.2) is 0 Å². The molecule has 0 aliphatic carbocycles. The molecule has 1 aromatic rings. The number of carbonyl (C=O) groups is 1. The Labute approximate surface area is 126 Å². The molecule has 116 valence electrons. The van der Waals surface area contributed by atoms with Crippen LogP contribution in [0.3, 0.4) is 0 Å². The fourth-order valence-corrected chi connectivity index (χ4v) is 2.80. The number of hydrogen-bond donors (Lipinski definition) is 2. The van der Waals surface area contributed by atoms with E-state index in [-0.39, 0.29) is 11.9 Å². The van der Waals surface area contributed by atoms with Crippen molar-refractivity contribution < 1.29 is 9.53 Å². The molecule has 0 saturated carbocycles. The molecule has 5 nitrogen and oxygen atoms in total. The van der Waals surface area contributed by atoms with Crippen molar-refractivity contribution in [3.8, 4) is 0 Å². The number of hydrogen-bond acceptors (Lipinski definition) is 4. The van der Waals surface area contributed by atoms with Crippen LogP contribution in [0.1, 0.15) is 25.3 Å². The van der Waals surface area contributed by atoms with Crippen molar-refractivity contribution in [3.63, 3.8) is 0 Å². The Hall–Kier alpha value is -1.75. The first-order valence-corrected chi connectivity index (χ1v) is 7.55. The molecule has 0 fully saturated rings. The van der Waals surface area contributed by atoms with Crippen LogP contribution in [0.2, 0.25) is 0 Å². The first-order chi connectivity index (χ1) is 10.1. The molecule has 0 spiro atoms. The summed E-state index contributed by atoms with van der Waals surface area (Å²) in [5, 5.41) is 2.97. The van der Waals surface area contributed by atoms with Crippen molar-refractivity contribution >= 4 is 17.3 Å². The third-order valence-corrected chi connectivity index (χ3v) is 3.99. The van der Waals surface area contributed by atoms with Gasteiger partial charge in [-0.25, -0.2) is 0 Å². The number of methoxy groups -OCH3 is 1. The number of nitrogens with two attached hydrogens (primary N) is 1. The lowest BCUT2D eigenvalue weighted by Crippen LogP contribution is -2.47. The van der Waals surface area contributed by atoms with Crippen molar-refractivity contribution in [1.82, 2.24) is 5.32 Å². The van der Waals surface area contributed by atoms with Gasteiger partial charge in [0.1, 0.15) is 6.04 Å². The third-order valence-electron chi connectivity index (χ3n) is 3.99. The molecule has 1 heterocycles. The fraction of sp³-hybridized carbons (Fsp3) is 0.562.